The highest BCUT2D eigenvalue weighted by molar-refractivity contribution is 7.91. The molecule has 15 heavy (non-hydrogen) atoms. The number of carbonyl (C=O) groups is 1. The average molecular weight is 269 g/mol. The molecule has 0 aromatic carbocycles. The summed E-state index contributed by atoms with van der Waals surface area (Å²) in [7, 11) is -2.36. The molecule has 1 heterocycles. The van der Waals surface area contributed by atoms with E-state index in [4.69, 9.17) is 17.3 Å². The van der Waals surface area contributed by atoms with E-state index in [-0.39, 0.29) is 10.8 Å². The smallest absolute Gasteiger partial charge is 0.252 e. The third-order valence-corrected chi connectivity index (χ3v) is 5.09. The summed E-state index contributed by atoms with van der Waals surface area (Å²) in [6.07, 6.45) is 0. The van der Waals surface area contributed by atoms with Gasteiger partial charge in [-0.1, -0.05) is 11.6 Å². The molecule has 0 fully saturated rings. The zero-order chi connectivity index (χ0) is 11.6. The number of hydrogen-bond acceptors (Lipinski definition) is 4. The average Bonchev–Trinajstić information content (AvgIpc) is 2.50. The maximum absolute atomic E-state index is 11.8. The van der Waals surface area contributed by atoms with E-state index in [1.807, 2.05) is 0 Å². The second kappa shape index (κ2) is 4.48. The molecule has 1 aromatic heterocycles. The maximum atomic E-state index is 11.8. The van der Waals surface area contributed by atoms with Gasteiger partial charge in [0.1, 0.15) is 4.21 Å². The topological polar surface area (TPSA) is 80.5 Å². The Morgan fingerprint density at radius 1 is 1.60 bits per heavy atom. The molecule has 8 heteroatoms. The minimum atomic E-state index is -3.65. The van der Waals surface area contributed by atoms with Crippen molar-refractivity contribution in [3.05, 3.63) is 16.5 Å². The minimum absolute atomic E-state index is 0.0938. The van der Waals surface area contributed by atoms with Gasteiger partial charge in [-0.05, 0) is 12.1 Å². The summed E-state index contributed by atoms with van der Waals surface area (Å²) in [5, 5.41) is 0. The van der Waals surface area contributed by atoms with Crippen molar-refractivity contribution in [3.8, 4) is 0 Å². The van der Waals surface area contributed by atoms with E-state index in [0.29, 0.717) is 4.34 Å². The van der Waals surface area contributed by atoms with Crippen molar-refractivity contribution in [1.82, 2.24) is 4.31 Å². The fraction of sp³-hybridized carbons (Fsp3) is 0.286. The van der Waals surface area contributed by atoms with E-state index in [1.165, 1.54) is 19.2 Å². The van der Waals surface area contributed by atoms with Crippen molar-refractivity contribution in [2.24, 2.45) is 5.73 Å². The number of carbonyl (C=O) groups excluding carboxylic acids is 1. The molecule has 1 amide bonds. The van der Waals surface area contributed by atoms with E-state index >= 15 is 0 Å². The van der Waals surface area contributed by atoms with Gasteiger partial charge in [-0.3, -0.25) is 4.79 Å². The predicted molar refractivity (Wildman–Crippen MR) is 58.3 cm³/mol. The van der Waals surface area contributed by atoms with Crippen LogP contribution in [0.15, 0.2) is 16.3 Å². The van der Waals surface area contributed by atoms with Crippen LogP contribution >= 0.6 is 22.9 Å². The number of nitrogens with zero attached hydrogens (tertiary/aromatic N) is 1. The van der Waals surface area contributed by atoms with Gasteiger partial charge < -0.3 is 5.73 Å². The molecular formula is C7H9ClN2O3S2. The first-order chi connectivity index (χ1) is 6.84. The third kappa shape index (κ3) is 2.91. The van der Waals surface area contributed by atoms with Crippen molar-refractivity contribution in [3.63, 3.8) is 0 Å². The Labute approximate surface area is 96.5 Å². The lowest BCUT2D eigenvalue weighted by atomic mass is 10.6. The van der Waals surface area contributed by atoms with Gasteiger partial charge in [0.05, 0.1) is 10.9 Å². The Kier molecular flexibility index (Phi) is 3.72. The van der Waals surface area contributed by atoms with Gasteiger partial charge in [-0.2, -0.15) is 4.31 Å². The summed E-state index contributed by atoms with van der Waals surface area (Å²) in [5.74, 6) is -0.705. The van der Waals surface area contributed by atoms with Crippen LogP contribution in [0, 0.1) is 0 Å². The summed E-state index contributed by atoms with van der Waals surface area (Å²) in [6, 6.07) is 2.87. The van der Waals surface area contributed by atoms with Crippen molar-refractivity contribution >= 4 is 38.9 Å². The van der Waals surface area contributed by atoms with E-state index < -0.39 is 15.9 Å². The van der Waals surface area contributed by atoms with Gasteiger partial charge >= 0.3 is 0 Å². The predicted octanol–water partition coefficient (Wildman–Crippen LogP) is 0.507. The number of nitrogens with two attached hydrogens (primary N) is 1. The Morgan fingerprint density at radius 3 is 2.60 bits per heavy atom. The lowest BCUT2D eigenvalue weighted by molar-refractivity contribution is -0.118. The van der Waals surface area contributed by atoms with E-state index in [1.54, 1.807) is 0 Å². The summed E-state index contributed by atoms with van der Waals surface area (Å²) < 4.78 is 24.9. The highest BCUT2D eigenvalue weighted by Gasteiger charge is 2.23. The van der Waals surface area contributed by atoms with Crippen LogP contribution in [-0.2, 0) is 14.8 Å². The number of amides is 1. The van der Waals surface area contributed by atoms with Crippen molar-refractivity contribution in [2.75, 3.05) is 13.6 Å². The molecule has 0 saturated carbocycles. The van der Waals surface area contributed by atoms with Crippen LogP contribution in [0.25, 0.3) is 0 Å². The molecule has 2 N–H and O–H groups in total. The Balaban J connectivity index is 2.98. The molecule has 0 aliphatic rings. The Morgan fingerprint density at radius 2 is 2.20 bits per heavy atom. The molecule has 1 aromatic rings. The number of likely N-dealkylation sites (N-methyl/N-ethyl adjacent to an activating group) is 1. The van der Waals surface area contributed by atoms with Crippen LogP contribution in [0.2, 0.25) is 4.34 Å². The number of hydrogen-bond donors (Lipinski definition) is 1. The molecule has 0 spiro atoms. The first-order valence-electron chi connectivity index (χ1n) is 3.84. The number of rotatable bonds is 4. The van der Waals surface area contributed by atoms with Crippen LogP contribution in [-0.4, -0.2) is 32.2 Å². The van der Waals surface area contributed by atoms with Crippen LogP contribution < -0.4 is 5.73 Å². The molecule has 84 valence electrons. The van der Waals surface area contributed by atoms with Gasteiger partial charge in [-0.15, -0.1) is 11.3 Å². The van der Waals surface area contributed by atoms with E-state index in [9.17, 15) is 13.2 Å². The minimum Gasteiger partial charge on any atom is -0.369 e. The molecular weight excluding hydrogens is 260 g/mol. The van der Waals surface area contributed by atoms with Crippen molar-refractivity contribution in [1.29, 1.82) is 0 Å². The lowest BCUT2D eigenvalue weighted by Crippen LogP contribution is -2.34. The highest BCUT2D eigenvalue weighted by Crippen LogP contribution is 2.27. The fourth-order valence-corrected chi connectivity index (χ4v) is 3.73. The summed E-state index contributed by atoms with van der Waals surface area (Å²) in [6.45, 7) is -0.349. The van der Waals surface area contributed by atoms with Crippen molar-refractivity contribution in [2.45, 2.75) is 4.21 Å². The van der Waals surface area contributed by atoms with Gasteiger partial charge in [0.15, 0.2) is 0 Å². The number of halogens is 1. The quantitative estimate of drug-likeness (QED) is 0.864. The summed E-state index contributed by atoms with van der Waals surface area (Å²) in [4.78, 5) is 10.6. The first-order valence-corrected chi connectivity index (χ1v) is 6.47. The first kappa shape index (κ1) is 12.4. The zero-order valence-corrected chi connectivity index (χ0v) is 10.2. The van der Waals surface area contributed by atoms with Crippen molar-refractivity contribution < 1.29 is 13.2 Å². The largest absolute Gasteiger partial charge is 0.369 e. The van der Waals surface area contributed by atoms with Gasteiger partial charge in [0, 0.05) is 7.05 Å². The molecule has 0 bridgehead atoms. The molecule has 0 atom stereocenters. The van der Waals surface area contributed by atoms with Crippen LogP contribution in [0.5, 0.6) is 0 Å². The van der Waals surface area contributed by atoms with Gasteiger partial charge in [0.25, 0.3) is 10.0 Å². The van der Waals surface area contributed by atoms with Crippen LogP contribution in [0.4, 0.5) is 0 Å². The SMILES string of the molecule is CN(CC(N)=O)S(=O)(=O)c1ccc(Cl)s1. The molecule has 0 unspecified atom stereocenters. The Bertz CT molecular complexity index is 468. The Hall–Kier alpha value is -0.630. The molecule has 0 aliphatic carbocycles. The second-order valence-electron chi connectivity index (χ2n) is 2.79. The van der Waals surface area contributed by atoms with Crippen LogP contribution in [0.1, 0.15) is 0 Å². The van der Waals surface area contributed by atoms with E-state index in [2.05, 4.69) is 0 Å². The summed E-state index contributed by atoms with van der Waals surface area (Å²) >= 11 is 6.55. The van der Waals surface area contributed by atoms with E-state index in [0.717, 1.165) is 15.6 Å². The highest BCUT2D eigenvalue weighted by atomic mass is 35.5. The standard InChI is InChI=1S/C7H9ClN2O3S2/c1-10(4-6(9)11)15(12,13)7-3-2-5(8)14-7/h2-3H,4H2,1H3,(H2,9,11). The molecule has 1 rings (SSSR count). The maximum Gasteiger partial charge on any atom is 0.252 e. The zero-order valence-electron chi connectivity index (χ0n) is 7.81. The number of primary amides is 1. The molecule has 5 nitrogen and oxygen atoms in total. The monoisotopic (exact) mass is 268 g/mol. The fourth-order valence-electron chi connectivity index (χ4n) is 0.894. The molecule has 0 saturated heterocycles. The lowest BCUT2D eigenvalue weighted by Gasteiger charge is -2.13. The van der Waals surface area contributed by atoms with Gasteiger partial charge in [-0.25, -0.2) is 8.42 Å². The molecule has 0 aliphatic heterocycles. The molecule has 0 radical (unpaired) electrons. The second-order valence-corrected chi connectivity index (χ2v) is 6.77. The number of sulfonamides is 1. The van der Waals surface area contributed by atoms with Crippen LogP contribution in [0.3, 0.4) is 0 Å². The van der Waals surface area contributed by atoms with Gasteiger partial charge in [0.2, 0.25) is 5.91 Å². The normalized spacial score (nSPS) is 11.9. The third-order valence-electron chi connectivity index (χ3n) is 1.59. The summed E-state index contributed by atoms with van der Waals surface area (Å²) in [5.41, 5.74) is 4.91. The number of thiophene rings is 1.